The first-order valence-electron chi connectivity index (χ1n) is 13.8. The summed E-state index contributed by atoms with van der Waals surface area (Å²) in [5, 5.41) is 0. The molecule has 13 heteroatoms. The lowest BCUT2D eigenvalue weighted by Crippen LogP contribution is -2.51. The third kappa shape index (κ3) is 6.88. The van der Waals surface area contributed by atoms with Crippen molar-refractivity contribution in [1.82, 2.24) is 24.7 Å². The van der Waals surface area contributed by atoms with E-state index in [9.17, 15) is 22.8 Å². The van der Waals surface area contributed by atoms with Crippen LogP contribution in [0.1, 0.15) is 32.9 Å². The van der Waals surface area contributed by atoms with Gasteiger partial charge in [0.25, 0.3) is 0 Å². The van der Waals surface area contributed by atoms with Crippen LogP contribution in [0.25, 0.3) is 11.3 Å². The van der Waals surface area contributed by atoms with E-state index in [1.165, 1.54) is 0 Å². The second-order valence-corrected chi connectivity index (χ2v) is 12.6. The average Bonchev–Trinajstić information content (AvgIpc) is 3.63. The predicted molar refractivity (Wildman–Crippen MR) is 150 cm³/mol. The van der Waals surface area contributed by atoms with Crippen LogP contribution in [0.4, 0.5) is 23.9 Å². The smallest absolute Gasteiger partial charge is 0.433 e. The zero-order valence-corrected chi connectivity index (χ0v) is 24.2. The van der Waals surface area contributed by atoms with Gasteiger partial charge < -0.3 is 14.5 Å². The molecule has 4 heterocycles. The van der Waals surface area contributed by atoms with E-state index in [-0.39, 0.29) is 23.6 Å². The molecule has 3 saturated heterocycles. The molecular weight excluding hydrogens is 557 g/mol. The number of anilines is 1. The Morgan fingerprint density at radius 3 is 2.32 bits per heavy atom. The summed E-state index contributed by atoms with van der Waals surface area (Å²) in [5.41, 5.74) is -0.869. The van der Waals surface area contributed by atoms with Crippen molar-refractivity contribution in [1.29, 1.82) is 0 Å². The van der Waals surface area contributed by atoms with Crippen molar-refractivity contribution in [2.75, 3.05) is 55.8 Å². The summed E-state index contributed by atoms with van der Waals surface area (Å²) in [5.74, 6) is 1.47. The second kappa shape index (κ2) is 11.7. The van der Waals surface area contributed by atoms with E-state index in [1.807, 2.05) is 0 Å². The van der Waals surface area contributed by atoms with Gasteiger partial charge in [0.1, 0.15) is 11.6 Å². The number of ether oxygens (including phenoxy) is 1. The van der Waals surface area contributed by atoms with Crippen molar-refractivity contribution in [3.05, 3.63) is 42.1 Å². The number of carbonyl (C=O) groups is 2. The fourth-order valence-corrected chi connectivity index (χ4v) is 6.35. The number of thioether (sulfide) groups is 1. The van der Waals surface area contributed by atoms with Crippen molar-refractivity contribution in [3.63, 3.8) is 0 Å². The Morgan fingerprint density at radius 1 is 1.00 bits per heavy atom. The van der Waals surface area contributed by atoms with Crippen molar-refractivity contribution in [2.24, 2.45) is 0 Å². The first kappa shape index (κ1) is 29.4. The maximum atomic E-state index is 13.7. The van der Waals surface area contributed by atoms with Gasteiger partial charge in [0.2, 0.25) is 11.9 Å². The molecule has 1 aromatic heterocycles. The van der Waals surface area contributed by atoms with E-state index in [1.54, 1.807) is 77.6 Å². The molecule has 1 aromatic carbocycles. The maximum absolute atomic E-state index is 13.7. The Hall–Kier alpha value is -3.06. The Bertz CT molecular complexity index is 1240. The van der Waals surface area contributed by atoms with Crippen LogP contribution < -0.4 is 4.90 Å². The number of rotatable bonds is 4. The number of nitrogens with zero attached hydrogens (tertiary/aromatic N) is 6. The third-order valence-corrected chi connectivity index (χ3v) is 8.41. The number of amides is 2. The molecule has 3 aliphatic rings. The lowest BCUT2D eigenvalue weighted by atomic mass is 10.1. The maximum Gasteiger partial charge on any atom is 0.433 e. The third-order valence-electron chi connectivity index (χ3n) is 7.44. The summed E-state index contributed by atoms with van der Waals surface area (Å²) in [7, 11) is 0. The minimum atomic E-state index is -4.60. The molecule has 0 N–H and O–H groups in total. The highest BCUT2D eigenvalue weighted by Crippen LogP contribution is 2.33. The average molecular weight is 593 g/mol. The van der Waals surface area contributed by atoms with Crippen LogP contribution in [0.2, 0.25) is 0 Å². The standard InChI is InChI=1S/C28H35F3N6O3S/c1-27(2,3)40-26(39)37-17-20(15-22(37)24(38)36-13-14-41-18-36)34-9-11-35(12-10-34)25-32-21(19-7-5-4-6-8-19)16-23(33-25)28(29,30)31/h4-8,16,20,22H,9-15,17-18H2,1-3H3/t20-,22-/m0/s1. The minimum Gasteiger partial charge on any atom is -0.444 e. The monoisotopic (exact) mass is 592 g/mol. The van der Waals surface area contributed by atoms with Crippen LogP contribution in [-0.4, -0.2) is 105 Å². The number of piperazine rings is 1. The number of aromatic nitrogens is 2. The van der Waals surface area contributed by atoms with Crippen LogP contribution in [0.3, 0.4) is 0 Å². The van der Waals surface area contributed by atoms with Crippen LogP contribution in [0.5, 0.6) is 0 Å². The van der Waals surface area contributed by atoms with E-state index < -0.39 is 29.6 Å². The zero-order chi connectivity index (χ0) is 29.4. The van der Waals surface area contributed by atoms with Gasteiger partial charge in [0.05, 0.1) is 11.6 Å². The zero-order valence-electron chi connectivity index (χ0n) is 23.4. The fraction of sp³-hybridized carbons (Fsp3) is 0.571. The van der Waals surface area contributed by atoms with Gasteiger partial charge in [0, 0.05) is 56.6 Å². The summed E-state index contributed by atoms with van der Waals surface area (Å²) in [6, 6.07) is 9.05. The molecule has 0 spiro atoms. The lowest BCUT2D eigenvalue weighted by Gasteiger charge is -2.38. The Balaban J connectivity index is 1.30. The number of benzene rings is 1. The minimum absolute atomic E-state index is 0.0414. The molecule has 0 bridgehead atoms. The van der Waals surface area contributed by atoms with Crippen LogP contribution in [-0.2, 0) is 15.7 Å². The fourth-order valence-electron chi connectivity index (χ4n) is 5.40. The van der Waals surface area contributed by atoms with Crippen molar-refractivity contribution in [3.8, 4) is 11.3 Å². The molecule has 0 radical (unpaired) electrons. The molecule has 2 atom stereocenters. The van der Waals surface area contributed by atoms with E-state index in [2.05, 4.69) is 14.9 Å². The SMILES string of the molecule is CC(C)(C)OC(=O)N1C[C@@H](N2CCN(c3nc(-c4ccccc4)cc(C(F)(F)F)n3)CC2)C[C@H]1C(=O)N1CCSC1. The number of hydrogen-bond acceptors (Lipinski definition) is 8. The molecule has 2 aromatic rings. The molecule has 3 fully saturated rings. The molecule has 222 valence electrons. The van der Waals surface area contributed by atoms with Crippen molar-refractivity contribution < 1.29 is 27.5 Å². The summed E-state index contributed by atoms with van der Waals surface area (Å²) in [6.07, 6.45) is -4.63. The highest BCUT2D eigenvalue weighted by Gasteiger charge is 2.45. The second-order valence-electron chi connectivity index (χ2n) is 11.5. The largest absolute Gasteiger partial charge is 0.444 e. The quantitative estimate of drug-likeness (QED) is 0.523. The summed E-state index contributed by atoms with van der Waals surface area (Å²) >= 11 is 1.69. The van der Waals surface area contributed by atoms with Gasteiger partial charge >= 0.3 is 12.3 Å². The van der Waals surface area contributed by atoms with Gasteiger partial charge in [-0.1, -0.05) is 30.3 Å². The van der Waals surface area contributed by atoms with Crippen molar-refractivity contribution in [2.45, 2.75) is 51.1 Å². The number of likely N-dealkylation sites (tertiary alicyclic amines) is 1. The number of carbonyl (C=O) groups excluding carboxylic acids is 2. The molecule has 0 aliphatic carbocycles. The predicted octanol–water partition coefficient (Wildman–Crippen LogP) is 4.20. The van der Waals surface area contributed by atoms with Gasteiger partial charge in [-0.3, -0.25) is 14.6 Å². The molecule has 3 aliphatic heterocycles. The number of halogens is 3. The molecule has 41 heavy (non-hydrogen) atoms. The molecule has 0 unspecified atom stereocenters. The van der Waals surface area contributed by atoms with Gasteiger partial charge in [-0.2, -0.15) is 13.2 Å². The highest BCUT2D eigenvalue weighted by molar-refractivity contribution is 7.99. The summed E-state index contributed by atoms with van der Waals surface area (Å²) < 4.78 is 46.8. The van der Waals surface area contributed by atoms with Gasteiger partial charge in [-0.25, -0.2) is 14.8 Å². The molecular formula is C28H35F3N6O3S. The summed E-state index contributed by atoms with van der Waals surface area (Å²) in [6.45, 7) is 8.30. The van der Waals surface area contributed by atoms with Gasteiger partial charge in [0.15, 0.2) is 5.69 Å². The van der Waals surface area contributed by atoms with Crippen LogP contribution in [0, 0.1) is 0 Å². The first-order valence-corrected chi connectivity index (χ1v) is 14.9. The van der Waals surface area contributed by atoms with Crippen LogP contribution >= 0.6 is 11.8 Å². The molecule has 9 nitrogen and oxygen atoms in total. The Morgan fingerprint density at radius 2 is 1.71 bits per heavy atom. The molecule has 2 amide bonds. The molecule has 5 rings (SSSR count). The molecule has 0 saturated carbocycles. The van der Waals surface area contributed by atoms with E-state index in [0.717, 1.165) is 11.8 Å². The first-order chi connectivity index (χ1) is 19.4. The topological polar surface area (TPSA) is 82.1 Å². The van der Waals surface area contributed by atoms with Gasteiger partial charge in [-0.15, -0.1) is 11.8 Å². The van der Waals surface area contributed by atoms with E-state index in [4.69, 9.17) is 4.74 Å². The van der Waals surface area contributed by atoms with E-state index >= 15 is 0 Å². The lowest BCUT2D eigenvalue weighted by molar-refractivity contribution is -0.141. The highest BCUT2D eigenvalue weighted by atomic mass is 32.2. The van der Waals surface area contributed by atoms with E-state index in [0.29, 0.717) is 57.1 Å². The Kier molecular flexibility index (Phi) is 8.38. The normalized spacial score (nSPS) is 22.3. The van der Waals surface area contributed by atoms with Gasteiger partial charge in [-0.05, 0) is 33.3 Å². The summed E-state index contributed by atoms with van der Waals surface area (Å²) in [4.78, 5) is 42.2. The number of alkyl halides is 3. The van der Waals surface area contributed by atoms with Crippen LogP contribution in [0.15, 0.2) is 36.4 Å². The van der Waals surface area contributed by atoms with Crippen molar-refractivity contribution >= 4 is 29.7 Å². The number of hydrogen-bond donors (Lipinski definition) is 0. The Labute approximate surface area is 242 Å².